The van der Waals surface area contributed by atoms with Gasteiger partial charge in [-0.05, 0) is 43.7 Å². The fourth-order valence-electron chi connectivity index (χ4n) is 2.01. The molecule has 1 heterocycles. The number of aromatic nitrogens is 2. The monoisotopic (exact) mass is 284 g/mol. The van der Waals surface area contributed by atoms with Crippen molar-refractivity contribution in [1.82, 2.24) is 15.3 Å². The second-order valence-corrected chi connectivity index (χ2v) is 4.94. The Bertz CT molecular complexity index is 569. The van der Waals surface area contributed by atoms with Gasteiger partial charge in [-0.1, -0.05) is 13.3 Å². The second kappa shape index (κ2) is 7.38. The van der Waals surface area contributed by atoms with E-state index in [2.05, 4.69) is 27.5 Å². The third kappa shape index (κ3) is 4.56. The van der Waals surface area contributed by atoms with Gasteiger partial charge in [0, 0.05) is 29.7 Å². The fraction of sp³-hybridized carbons (Fsp3) is 0.312. The summed E-state index contributed by atoms with van der Waals surface area (Å²) in [6, 6.07) is 9.22. The highest BCUT2D eigenvalue weighted by Gasteiger charge is 2.09. The minimum Gasteiger partial charge on any atom is -0.350 e. The number of anilines is 2. The molecular formula is C16H20N4O. The summed E-state index contributed by atoms with van der Waals surface area (Å²) in [6.45, 7) is 4.12. The second-order valence-electron chi connectivity index (χ2n) is 4.94. The first-order chi connectivity index (χ1) is 10.2. The Hall–Kier alpha value is -2.43. The molecule has 0 spiro atoms. The number of carbonyl (C=O) groups is 1. The van der Waals surface area contributed by atoms with Crippen LogP contribution in [0.2, 0.25) is 0 Å². The van der Waals surface area contributed by atoms with Crippen LogP contribution in [0.1, 0.15) is 37.0 Å². The van der Waals surface area contributed by atoms with Gasteiger partial charge in [0.05, 0.1) is 0 Å². The van der Waals surface area contributed by atoms with E-state index in [1.165, 1.54) is 0 Å². The van der Waals surface area contributed by atoms with Gasteiger partial charge in [0.15, 0.2) is 0 Å². The van der Waals surface area contributed by atoms with E-state index in [-0.39, 0.29) is 11.9 Å². The highest BCUT2D eigenvalue weighted by molar-refractivity contribution is 5.94. The van der Waals surface area contributed by atoms with Crippen LogP contribution in [-0.4, -0.2) is 21.9 Å². The Kier molecular flexibility index (Phi) is 5.26. The average Bonchev–Trinajstić information content (AvgIpc) is 2.49. The van der Waals surface area contributed by atoms with Crippen molar-refractivity contribution in [3.63, 3.8) is 0 Å². The van der Waals surface area contributed by atoms with Crippen molar-refractivity contribution < 1.29 is 4.79 Å². The lowest BCUT2D eigenvalue weighted by atomic mass is 10.1. The number of hydrogen-bond acceptors (Lipinski definition) is 4. The summed E-state index contributed by atoms with van der Waals surface area (Å²) in [5.74, 6) is 0.490. The number of rotatable bonds is 6. The fourth-order valence-corrected chi connectivity index (χ4v) is 2.01. The van der Waals surface area contributed by atoms with Gasteiger partial charge in [0.1, 0.15) is 0 Å². The van der Waals surface area contributed by atoms with Crippen molar-refractivity contribution >= 4 is 17.5 Å². The largest absolute Gasteiger partial charge is 0.350 e. The van der Waals surface area contributed by atoms with Gasteiger partial charge in [-0.15, -0.1) is 0 Å². The molecule has 5 heteroatoms. The lowest BCUT2D eigenvalue weighted by molar-refractivity contribution is 0.0938. The van der Waals surface area contributed by atoms with E-state index in [9.17, 15) is 4.79 Å². The van der Waals surface area contributed by atoms with E-state index >= 15 is 0 Å². The lowest BCUT2D eigenvalue weighted by Crippen LogP contribution is -2.32. The molecule has 0 radical (unpaired) electrons. The van der Waals surface area contributed by atoms with E-state index in [0.29, 0.717) is 11.5 Å². The molecular weight excluding hydrogens is 264 g/mol. The van der Waals surface area contributed by atoms with Gasteiger partial charge in [-0.2, -0.15) is 0 Å². The first-order valence-corrected chi connectivity index (χ1v) is 7.14. The van der Waals surface area contributed by atoms with Crippen LogP contribution in [0.25, 0.3) is 0 Å². The van der Waals surface area contributed by atoms with Crippen LogP contribution >= 0.6 is 0 Å². The smallest absolute Gasteiger partial charge is 0.251 e. The molecule has 2 aromatic rings. The van der Waals surface area contributed by atoms with E-state index in [1.54, 1.807) is 30.6 Å². The van der Waals surface area contributed by atoms with Crippen LogP contribution in [-0.2, 0) is 0 Å². The van der Waals surface area contributed by atoms with Crippen LogP contribution < -0.4 is 10.6 Å². The predicted molar refractivity (Wildman–Crippen MR) is 83.6 cm³/mol. The average molecular weight is 284 g/mol. The van der Waals surface area contributed by atoms with Gasteiger partial charge < -0.3 is 10.6 Å². The van der Waals surface area contributed by atoms with E-state index in [1.807, 2.05) is 19.1 Å². The number of amides is 1. The summed E-state index contributed by atoms with van der Waals surface area (Å²) in [5, 5.41) is 6.06. The maximum Gasteiger partial charge on any atom is 0.251 e. The maximum atomic E-state index is 12.0. The molecule has 1 atom stereocenters. The third-order valence-corrected chi connectivity index (χ3v) is 3.07. The summed E-state index contributed by atoms with van der Waals surface area (Å²) in [6.07, 6.45) is 5.39. The Labute approximate surface area is 124 Å². The Morgan fingerprint density at radius 3 is 2.48 bits per heavy atom. The number of nitrogens with one attached hydrogen (secondary N) is 2. The Balaban J connectivity index is 1.97. The SMILES string of the molecule is CCCC(C)NC(=O)c1ccc(Nc2ncccn2)cc1. The molecule has 0 saturated carbocycles. The van der Waals surface area contributed by atoms with Crippen molar-refractivity contribution in [2.45, 2.75) is 32.7 Å². The number of carbonyl (C=O) groups excluding carboxylic acids is 1. The summed E-state index contributed by atoms with van der Waals surface area (Å²) in [5.41, 5.74) is 1.50. The summed E-state index contributed by atoms with van der Waals surface area (Å²) in [4.78, 5) is 20.2. The zero-order valence-electron chi connectivity index (χ0n) is 12.3. The minimum absolute atomic E-state index is 0.0431. The van der Waals surface area contributed by atoms with Crippen LogP contribution in [0.4, 0.5) is 11.6 Å². The predicted octanol–water partition coefficient (Wildman–Crippen LogP) is 3.14. The van der Waals surface area contributed by atoms with Crippen molar-refractivity contribution in [3.8, 4) is 0 Å². The highest BCUT2D eigenvalue weighted by Crippen LogP contribution is 2.13. The van der Waals surface area contributed by atoms with Gasteiger partial charge >= 0.3 is 0 Å². The van der Waals surface area contributed by atoms with Crippen molar-refractivity contribution in [2.24, 2.45) is 0 Å². The van der Waals surface area contributed by atoms with Crippen LogP contribution in [0, 0.1) is 0 Å². The van der Waals surface area contributed by atoms with Crippen LogP contribution in [0.15, 0.2) is 42.7 Å². The summed E-state index contributed by atoms with van der Waals surface area (Å²) in [7, 11) is 0. The van der Waals surface area contributed by atoms with Gasteiger partial charge in [-0.25, -0.2) is 9.97 Å². The minimum atomic E-state index is -0.0431. The molecule has 2 rings (SSSR count). The van der Waals surface area contributed by atoms with Crippen LogP contribution in [0.3, 0.4) is 0 Å². The molecule has 0 saturated heterocycles. The molecule has 1 amide bonds. The molecule has 0 aliphatic carbocycles. The van der Waals surface area contributed by atoms with Gasteiger partial charge in [0.25, 0.3) is 5.91 Å². The zero-order chi connectivity index (χ0) is 15.1. The van der Waals surface area contributed by atoms with Crippen molar-refractivity contribution in [1.29, 1.82) is 0 Å². The van der Waals surface area contributed by atoms with E-state index < -0.39 is 0 Å². The molecule has 0 aliphatic heterocycles. The van der Waals surface area contributed by atoms with Crippen LogP contribution in [0.5, 0.6) is 0 Å². The Morgan fingerprint density at radius 1 is 1.19 bits per heavy atom. The molecule has 0 fully saturated rings. The maximum absolute atomic E-state index is 12.0. The van der Waals surface area contributed by atoms with E-state index in [4.69, 9.17) is 0 Å². The zero-order valence-corrected chi connectivity index (χ0v) is 12.3. The standard InChI is InChI=1S/C16H20N4O/c1-3-5-12(2)19-15(21)13-6-8-14(9-7-13)20-16-17-10-4-11-18-16/h4,6-12H,3,5H2,1-2H3,(H,19,21)(H,17,18,20). The molecule has 5 nitrogen and oxygen atoms in total. The number of benzene rings is 1. The van der Waals surface area contributed by atoms with Crippen molar-refractivity contribution in [3.05, 3.63) is 48.3 Å². The molecule has 21 heavy (non-hydrogen) atoms. The summed E-state index contributed by atoms with van der Waals surface area (Å²) < 4.78 is 0. The molecule has 110 valence electrons. The molecule has 2 N–H and O–H groups in total. The molecule has 1 aromatic carbocycles. The molecule has 0 bridgehead atoms. The Morgan fingerprint density at radius 2 is 1.86 bits per heavy atom. The first-order valence-electron chi connectivity index (χ1n) is 7.14. The molecule has 1 aromatic heterocycles. The third-order valence-electron chi connectivity index (χ3n) is 3.07. The number of nitrogens with zero attached hydrogens (tertiary/aromatic N) is 2. The normalized spacial score (nSPS) is 11.7. The van der Waals surface area contributed by atoms with Gasteiger partial charge in [0.2, 0.25) is 5.95 Å². The van der Waals surface area contributed by atoms with Gasteiger partial charge in [-0.3, -0.25) is 4.79 Å². The molecule has 0 aliphatic rings. The first kappa shape index (κ1) is 15.0. The summed E-state index contributed by atoms with van der Waals surface area (Å²) >= 11 is 0. The molecule has 1 unspecified atom stereocenters. The quantitative estimate of drug-likeness (QED) is 0.855. The topological polar surface area (TPSA) is 66.9 Å². The van der Waals surface area contributed by atoms with E-state index in [0.717, 1.165) is 18.5 Å². The highest BCUT2D eigenvalue weighted by atomic mass is 16.1. The lowest BCUT2D eigenvalue weighted by Gasteiger charge is -2.13. The van der Waals surface area contributed by atoms with Crippen molar-refractivity contribution in [2.75, 3.05) is 5.32 Å². The number of hydrogen-bond donors (Lipinski definition) is 2.